The number of carbonyl (C=O) groups excluding carboxylic acids is 1. The molecule has 0 spiro atoms. The predicted octanol–water partition coefficient (Wildman–Crippen LogP) is 3.99. The molecule has 1 atom stereocenters. The maximum absolute atomic E-state index is 11.7. The molecule has 2 aromatic rings. The number of anilines is 1. The van der Waals surface area contributed by atoms with Crippen molar-refractivity contribution in [2.75, 3.05) is 19.1 Å². The number of thiophene rings is 1. The zero-order chi connectivity index (χ0) is 15.0. The van der Waals surface area contributed by atoms with Crippen LogP contribution in [-0.4, -0.2) is 20.1 Å². The Morgan fingerprint density at radius 1 is 1.33 bits per heavy atom. The molecule has 0 saturated carbocycles. The molecule has 2 heterocycles. The van der Waals surface area contributed by atoms with E-state index in [2.05, 4.69) is 6.07 Å². The fraction of sp³-hybridized carbons (Fsp3) is 0.312. The van der Waals surface area contributed by atoms with Crippen LogP contribution in [0.5, 0.6) is 5.75 Å². The number of nitrogens with zero attached hydrogens (tertiary/aromatic N) is 1. The minimum Gasteiger partial charge on any atom is -0.496 e. The van der Waals surface area contributed by atoms with E-state index in [9.17, 15) is 4.79 Å². The highest BCUT2D eigenvalue weighted by molar-refractivity contribution is 7.10. The van der Waals surface area contributed by atoms with E-state index in [0.717, 1.165) is 28.3 Å². The first-order valence-corrected chi connectivity index (χ1v) is 8.07. The van der Waals surface area contributed by atoms with Crippen molar-refractivity contribution in [2.24, 2.45) is 0 Å². The molecule has 110 valence electrons. The van der Waals surface area contributed by atoms with Crippen molar-refractivity contribution >= 4 is 34.5 Å². The fourth-order valence-corrected chi connectivity index (χ4v) is 3.78. The monoisotopic (exact) mass is 321 g/mol. The summed E-state index contributed by atoms with van der Waals surface area (Å²) in [7, 11) is 3.48. The number of hydrogen-bond donors (Lipinski definition) is 0. The number of halogens is 1. The summed E-state index contributed by atoms with van der Waals surface area (Å²) in [4.78, 5) is 14.5. The third-order valence-corrected chi connectivity index (χ3v) is 5.41. The van der Waals surface area contributed by atoms with E-state index < -0.39 is 0 Å². The number of methoxy groups -OCH3 is 1. The fourth-order valence-electron chi connectivity index (χ4n) is 2.57. The molecule has 3 rings (SSSR count). The maximum atomic E-state index is 11.7. The zero-order valence-electron chi connectivity index (χ0n) is 11.9. The molecule has 0 radical (unpaired) electrons. The average molecular weight is 322 g/mol. The maximum Gasteiger partial charge on any atom is 0.227 e. The minimum atomic E-state index is -0.188. The number of ether oxygens (including phenoxy) is 1. The molecule has 0 saturated heterocycles. The number of fused-ring (bicyclic) bond motifs is 1. The van der Waals surface area contributed by atoms with Crippen molar-refractivity contribution in [3.05, 3.63) is 45.6 Å². The Kier molecular flexibility index (Phi) is 3.91. The van der Waals surface area contributed by atoms with Gasteiger partial charge in [-0.3, -0.25) is 4.79 Å². The van der Waals surface area contributed by atoms with Gasteiger partial charge in [0.05, 0.1) is 12.5 Å². The second kappa shape index (κ2) is 5.70. The topological polar surface area (TPSA) is 29.5 Å². The van der Waals surface area contributed by atoms with E-state index in [1.165, 1.54) is 5.56 Å². The van der Waals surface area contributed by atoms with Crippen molar-refractivity contribution < 1.29 is 9.53 Å². The van der Waals surface area contributed by atoms with Gasteiger partial charge < -0.3 is 9.64 Å². The first-order valence-electron chi connectivity index (χ1n) is 6.76. The number of benzene rings is 1. The lowest BCUT2D eigenvalue weighted by molar-refractivity contribution is -0.118. The molecule has 1 aromatic carbocycles. The van der Waals surface area contributed by atoms with Crippen molar-refractivity contribution in [3.63, 3.8) is 0 Å². The van der Waals surface area contributed by atoms with Gasteiger partial charge in [0.1, 0.15) is 5.75 Å². The van der Waals surface area contributed by atoms with Crippen molar-refractivity contribution in [2.45, 2.75) is 18.2 Å². The summed E-state index contributed by atoms with van der Waals surface area (Å²) < 4.78 is 5.20. The Bertz CT molecular complexity index is 683. The molecular weight excluding hydrogens is 306 g/mol. The van der Waals surface area contributed by atoms with Crippen molar-refractivity contribution in [1.29, 1.82) is 0 Å². The molecule has 1 unspecified atom stereocenters. The van der Waals surface area contributed by atoms with Crippen LogP contribution in [0.4, 0.5) is 5.69 Å². The molecule has 3 nitrogen and oxygen atoms in total. The van der Waals surface area contributed by atoms with Gasteiger partial charge in [0.2, 0.25) is 5.91 Å². The average Bonchev–Trinajstić information content (AvgIpc) is 2.99. The molecule has 1 aliphatic rings. The van der Waals surface area contributed by atoms with E-state index in [0.29, 0.717) is 6.42 Å². The van der Waals surface area contributed by atoms with Crippen molar-refractivity contribution in [3.8, 4) is 5.75 Å². The molecule has 1 aromatic heterocycles. The van der Waals surface area contributed by atoms with Gasteiger partial charge in [0.15, 0.2) is 0 Å². The Morgan fingerprint density at radius 2 is 2.14 bits per heavy atom. The number of hydrogen-bond acceptors (Lipinski definition) is 3. The first-order chi connectivity index (χ1) is 10.1. The number of amides is 1. The summed E-state index contributed by atoms with van der Waals surface area (Å²) >= 11 is 8.18. The number of aryl methyl sites for hydroxylation is 1. The van der Waals surface area contributed by atoms with Crippen LogP contribution in [0.25, 0.3) is 0 Å². The summed E-state index contributed by atoms with van der Waals surface area (Å²) in [5.41, 5.74) is 3.23. The van der Waals surface area contributed by atoms with Crippen LogP contribution in [-0.2, 0) is 11.2 Å². The highest BCUT2D eigenvalue weighted by atomic mass is 35.5. The molecule has 0 N–H and O–H groups in total. The molecule has 0 aliphatic carbocycles. The Hall–Kier alpha value is -1.52. The lowest BCUT2D eigenvalue weighted by Gasteiger charge is -2.26. The van der Waals surface area contributed by atoms with E-state index in [4.69, 9.17) is 16.3 Å². The number of alkyl halides is 1. The Labute approximate surface area is 133 Å². The predicted molar refractivity (Wildman–Crippen MR) is 86.7 cm³/mol. The normalized spacial score (nSPS) is 15.8. The van der Waals surface area contributed by atoms with Gasteiger partial charge in [-0.05, 0) is 29.7 Å². The van der Waals surface area contributed by atoms with Gasteiger partial charge in [-0.2, -0.15) is 0 Å². The largest absolute Gasteiger partial charge is 0.496 e. The van der Waals surface area contributed by atoms with Crippen LogP contribution in [0.2, 0.25) is 0 Å². The molecular formula is C16H16ClNO2S. The Morgan fingerprint density at radius 3 is 2.86 bits per heavy atom. The molecule has 21 heavy (non-hydrogen) atoms. The summed E-state index contributed by atoms with van der Waals surface area (Å²) in [5.74, 6) is 1.00. The zero-order valence-corrected chi connectivity index (χ0v) is 13.5. The van der Waals surface area contributed by atoms with Gasteiger partial charge in [0.25, 0.3) is 0 Å². The van der Waals surface area contributed by atoms with Gasteiger partial charge in [-0.15, -0.1) is 22.9 Å². The third-order valence-electron chi connectivity index (χ3n) is 3.82. The second-order valence-electron chi connectivity index (χ2n) is 5.09. The minimum absolute atomic E-state index is 0.167. The van der Waals surface area contributed by atoms with Crippen LogP contribution < -0.4 is 9.64 Å². The van der Waals surface area contributed by atoms with Crippen LogP contribution >= 0.6 is 22.9 Å². The van der Waals surface area contributed by atoms with Crippen molar-refractivity contribution in [1.82, 2.24) is 0 Å². The van der Waals surface area contributed by atoms with E-state index in [-0.39, 0.29) is 11.3 Å². The number of rotatable bonds is 3. The van der Waals surface area contributed by atoms with Crippen LogP contribution in [0.1, 0.15) is 27.8 Å². The lowest BCUT2D eigenvalue weighted by atomic mass is 9.97. The molecule has 0 bridgehead atoms. The SMILES string of the molecule is COc1csc(C(Cl)c2ccc3c(c2)CCC(=O)N3C)c1. The second-order valence-corrected chi connectivity index (χ2v) is 6.47. The van der Waals surface area contributed by atoms with Gasteiger partial charge >= 0.3 is 0 Å². The lowest BCUT2D eigenvalue weighted by Crippen LogP contribution is -2.31. The quantitative estimate of drug-likeness (QED) is 0.800. The Balaban J connectivity index is 1.91. The van der Waals surface area contributed by atoms with Gasteiger partial charge in [0, 0.05) is 29.4 Å². The highest BCUT2D eigenvalue weighted by Gasteiger charge is 2.22. The van der Waals surface area contributed by atoms with Gasteiger partial charge in [-0.1, -0.05) is 12.1 Å². The summed E-state index contributed by atoms with van der Waals surface area (Å²) in [6.45, 7) is 0. The summed E-state index contributed by atoms with van der Waals surface area (Å²) in [6.07, 6.45) is 1.34. The molecule has 1 amide bonds. The van der Waals surface area contributed by atoms with E-state index in [1.54, 1.807) is 23.3 Å². The first kappa shape index (κ1) is 14.4. The smallest absolute Gasteiger partial charge is 0.227 e. The highest BCUT2D eigenvalue weighted by Crippen LogP contribution is 2.38. The van der Waals surface area contributed by atoms with Crippen LogP contribution in [0.15, 0.2) is 29.6 Å². The molecule has 1 aliphatic heterocycles. The molecule has 0 fully saturated rings. The summed E-state index contributed by atoms with van der Waals surface area (Å²) in [6, 6.07) is 8.07. The van der Waals surface area contributed by atoms with E-state index >= 15 is 0 Å². The standard InChI is InChI=1S/C16H16ClNO2S/c1-18-13-5-3-11(7-10(13)4-6-15(18)19)16(17)14-8-12(20-2)9-21-14/h3,5,7-9,16H,4,6H2,1-2H3. The van der Waals surface area contributed by atoms with E-state index in [1.807, 2.05) is 30.6 Å². The number of carbonyl (C=O) groups is 1. The third kappa shape index (κ3) is 2.65. The molecule has 5 heteroatoms. The van der Waals surface area contributed by atoms with Crippen LogP contribution in [0.3, 0.4) is 0 Å². The van der Waals surface area contributed by atoms with Crippen LogP contribution in [0, 0.1) is 0 Å². The van der Waals surface area contributed by atoms with Gasteiger partial charge in [-0.25, -0.2) is 0 Å². The summed E-state index contributed by atoms with van der Waals surface area (Å²) in [5, 5.41) is 1.77.